The Kier molecular flexibility index (Phi) is 5.35. The minimum absolute atomic E-state index is 0.0730. The zero-order chi connectivity index (χ0) is 17.9. The van der Waals surface area contributed by atoms with Crippen molar-refractivity contribution in [3.8, 4) is 0 Å². The smallest absolute Gasteiger partial charge is 0.222 e. The third-order valence-electron chi connectivity index (χ3n) is 5.05. The summed E-state index contributed by atoms with van der Waals surface area (Å²) in [6.45, 7) is 2.35. The van der Waals surface area contributed by atoms with Gasteiger partial charge in [-0.25, -0.2) is 0 Å². The molecule has 0 aliphatic carbocycles. The Labute approximate surface area is 149 Å². The molecule has 2 aromatic rings. The molecule has 1 aromatic carbocycles. The summed E-state index contributed by atoms with van der Waals surface area (Å²) in [6.07, 6.45) is 4.45. The lowest BCUT2D eigenvalue weighted by Gasteiger charge is -2.39. The van der Waals surface area contributed by atoms with Crippen LogP contribution in [0.4, 0.5) is 0 Å². The van der Waals surface area contributed by atoms with Crippen molar-refractivity contribution in [2.24, 2.45) is 0 Å². The van der Waals surface area contributed by atoms with Crippen LogP contribution >= 0.6 is 0 Å². The topological polar surface area (TPSA) is 56.7 Å². The van der Waals surface area contributed by atoms with Gasteiger partial charge < -0.3 is 10.0 Å². The van der Waals surface area contributed by atoms with Gasteiger partial charge in [-0.15, -0.1) is 0 Å². The van der Waals surface area contributed by atoms with Gasteiger partial charge in [-0.05, 0) is 37.4 Å². The first-order chi connectivity index (χ1) is 12.0. The molecule has 1 aliphatic rings. The fourth-order valence-corrected chi connectivity index (χ4v) is 3.64. The number of piperidine rings is 1. The first kappa shape index (κ1) is 17.8. The summed E-state index contributed by atoms with van der Waals surface area (Å²) >= 11 is 0. The van der Waals surface area contributed by atoms with Crippen LogP contribution in [0.5, 0.6) is 0 Å². The Bertz CT molecular complexity index is 741. The van der Waals surface area contributed by atoms with Crippen molar-refractivity contribution in [2.75, 3.05) is 27.2 Å². The molecule has 1 atom stereocenters. The summed E-state index contributed by atoms with van der Waals surface area (Å²) < 4.78 is 0. The molecule has 1 fully saturated rings. The van der Waals surface area contributed by atoms with E-state index in [9.17, 15) is 9.90 Å². The molecule has 3 rings (SSSR count). The average molecular weight is 341 g/mol. The Morgan fingerprint density at radius 3 is 2.92 bits per heavy atom. The van der Waals surface area contributed by atoms with Gasteiger partial charge in [-0.3, -0.25) is 14.7 Å². The Morgan fingerprint density at radius 2 is 2.12 bits per heavy atom. The quantitative estimate of drug-likeness (QED) is 0.907. The molecule has 1 saturated heterocycles. The van der Waals surface area contributed by atoms with Gasteiger partial charge in [-0.1, -0.05) is 24.3 Å². The molecule has 134 valence electrons. The Morgan fingerprint density at radius 1 is 1.32 bits per heavy atom. The third-order valence-corrected chi connectivity index (χ3v) is 5.05. The molecule has 25 heavy (non-hydrogen) atoms. The van der Waals surface area contributed by atoms with Crippen molar-refractivity contribution >= 4 is 16.8 Å². The standard InChI is InChI=1S/C20H27N3O2/c1-22(2)18(24)9-11-20(25)10-5-13-23(15-20)14-17-7-3-6-16-8-4-12-21-19(16)17/h3-4,6-8,12,25H,5,9-11,13-15H2,1-2H3/t20-/m0/s1. The van der Waals surface area contributed by atoms with Gasteiger partial charge in [0.05, 0.1) is 11.1 Å². The van der Waals surface area contributed by atoms with Crippen molar-refractivity contribution in [2.45, 2.75) is 37.8 Å². The first-order valence-corrected chi connectivity index (χ1v) is 8.94. The predicted octanol–water partition coefficient (Wildman–Crippen LogP) is 2.43. The summed E-state index contributed by atoms with van der Waals surface area (Å²) in [5, 5.41) is 12.1. The van der Waals surface area contributed by atoms with Gasteiger partial charge in [0, 0.05) is 45.2 Å². The van der Waals surface area contributed by atoms with Gasteiger partial charge in [0.25, 0.3) is 0 Å². The van der Waals surface area contributed by atoms with Crippen molar-refractivity contribution < 1.29 is 9.90 Å². The lowest BCUT2D eigenvalue weighted by molar-refractivity contribution is -0.130. The number of benzene rings is 1. The number of carbonyl (C=O) groups is 1. The van der Waals surface area contributed by atoms with E-state index in [1.54, 1.807) is 19.0 Å². The van der Waals surface area contributed by atoms with E-state index in [0.717, 1.165) is 36.8 Å². The summed E-state index contributed by atoms with van der Waals surface area (Å²) in [5.74, 6) is 0.0730. The SMILES string of the molecule is CN(C)C(=O)CC[C@@]1(O)CCCN(Cc2cccc3cccnc23)C1. The van der Waals surface area contributed by atoms with Crippen LogP contribution in [0.15, 0.2) is 36.5 Å². The number of likely N-dealkylation sites (tertiary alicyclic amines) is 1. The molecule has 0 saturated carbocycles. The second-order valence-electron chi connectivity index (χ2n) is 7.32. The number of para-hydroxylation sites is 1. The van der Waals surface area contributed by atoms with Crippen LogP contribution in [-0.2, 0) is 11.3 Å². The lowest BCUT2D eigenvalue weighted by atomic mass is 9.88. The highest BCUT2D eigenvalue weighted by Gasteiger charge is 2.33. The number of carbonyl (C=O) groups excluding carboxylic acids is 1. The number of pyridine rings is 1. The minimum atomic E-state index is -0.776. The molecule has 1 amide bonds. The lowest BCUT2D eigenvalue weighted by Crippen LogP contribution is -2.48. The molecular formula is C20H27N3O2. The molecule has 0 spiro atoms. The molecule has 5 heteroatoms. The van der Waals surface area contributed by atoms with Crippen LogP contribution < -0.4 is 0 Å². The van der Waals surface area contributed by atoms with Crippen LogP contribution in [0.2, 0.25) is 0 Å². The summed E-state index contributed by atoms with van der Waals surface area (Å²) in [4.78, 5) is 20.2. The zero-order valence-corrected chi connectivity index (χ0v) is 15.1. The van der Waals surface area contributed by atoms with E-state index < -0.39 is 5.60 Å². The number of rotatable bonds is 5. The van der Waals surface area contributed by atoms with Crippen LogP contribution in [0.3, 0.4) is 0 Å². The van der Waals surface area contributed by atoms with Crippen molar-refractivity contribution in [3.05, 3.63) is 42.1 Å². The van der Waals surface area contributed by atoms with E-state index in [1.165, 1.54) is 5.56 Å². The van der Waals surface area contributed by atoms with Gasteiger partial charge >= 0.3 is 0 Å². The Balaban J connectivity index is 1.68. The number of fused-ring (bicyclic) bond motifs is 1. The fraction of sp³-hybridized carbons (Fsp3) is 0.500. The van der Waals surface area contributed by atoms with Gasteiger partial charge in [0.2, 0.25) is 5.91 Å². The third kappa shape index (κ3) is 4.35. The average Bonchev–Trinajstić information content (AvgIpc) is 2.60. The number of aliphatic hydroxyl groups is 1. The maximum absolute atomic E-state index is 11.8. The molecule has 1 N–H and O–H groups in total. The molecule has 0 unspecified atom stereocenters. The summed E-state index contributed by atoms with van der Waals surface area (Å²) in [7, 11) is 3.51. The van der Waals surface area contributed by atoms with Gasteiger partial charge in [0.15, 0.2) is 0 Å². The van der Waals surface area contributed by atoms with Crippen LogP contribution in [0, 0.1) is 0 Å². The van der Waals surface area contributed by atoms with E-state index in [4.69, 9.17) is 0 Å². The molecule has 1 aromatic heterocycles. The van der Waals surface area contributed by atoms with E-state index in [0.29, 0.717) is 19.4 Å². The van der Waals surface area contributed by atoms with E-state index >= 15 is 0 Å². The maximum atomic E-state index is 11.8. The van der Waals surface area contributed by atoms with Crippen molar-refractivity contribution in [3.63, 3.8) is 0 Å². The van der Waals surface area contributed by atoms with E-state index in [-0.39, 0.29) is 5.91 Å². The predicted molar refractivity (Wildman–Crippen MR) is 99.1 cm³/mol. The number of β-amino-alcohol motifs (C(OH)–C–C–N with tert-alkyl or cyclic N) is 1. The summed E-state index contributed by atoms with van der Waals surface area (Å²) in [5.41, 5.74) is 1.44. The Hall–Kier alpha value is -1.98. The normalized spacial score (nSPS) is 21.4. The maximum Gasteiger partial charge on any atom is 0.222 e. The molecule has 0 radical (unpaired) electrons. The molecule has 1 aliphatic heterocycles. The van der Waals surface area contributed by atoms with E-state index in [2.05, 4.69) is 34.1 Å². The van der Waals surface area contributed by atoms with E-state index in [1.807, 2.05) is 12.3 Å². The van der Waals surface area contributed by atoms with Crippen molar-refractivity contribution in [1.29, 1.82) is 0 Å². The fourth-order valence-electron chi connectivity index (χ4n) is 3.64. The number of amides is 1. The highest BCUT2D eigenvalue weighted by molar-refractivity contribution is 5.81. The number of hydrogen-bond acceptors (Lipinski definition) is 4. The second-order valence-corrected chi connectivity index (χ2v) is 7.32. The highest BCUT2D eigenvalue weighted by atomic mass is 16.3. The number of aromatic nitrogens is 1. The molecule has 5 nitrogen and oxygen atoms in total. The van der Waals surface area contributed by atoms with Crippen LogP contribution in [0.1, 0.15) is 31.2 Å². The monoisotopic (exact) mass is 341 g/mol. The molecule has 0 bridgehead atoms. The zero-order valence-electron chi connectivity index (χ0n) is 15.1. The highest BCUT2D eigenvalue weighted by Crippen LogP contribution is 2.28. The van der Waals surface area contributed by atoms with Crippen molar-refractivity contribution in [1.82, 2.24) is 14.8 Å². The van der Waals surface area contributed by atoms with Crippen LogP contribution in [-0.4, -0.2) is 58.6 Å². The number of hydrogen-bond donors (Lipinski definition) is 1. The molecule has 2 heterocycles. The van der Waals surface area contributed by atoms with Gasteiger partial charge in [0.1, 0.15) is 0 Å². The van der Waals surface area contributed by atoms with Gasteiger partial charge in [-0.2, -0.15) is 0 Å². The minimum Gasteiger partial charge on any atom is -0.389 e. The number of nitrogens with zero attached hydrogens (tertiary/aromatic N) is 3. The van der Waals surface area contributed by atoms with Crippen LogP contribution in [0.25, 0.3) is 10.9 Å². The summed E-state index contributed by atoms with van der Waals surface area (Å²) in [6, 6.07) is 10.3. The second kappa shape index (κ2) is 7.50. The largest absolute Gasteiger partial charge is 0.389 e. The first-order valence-electron chi connectivity index (χ1n) is 8.94. The molecular weight excluding hydrogens is 314 g/mol.